The van der Waals surface area contributed by atoms with Crippen molar-refractivity contribution in [3.63, 3.8) is 0 Å². The molecule has 5 nitrogen and oxygen atoms in total. The second kappa shape index (κ2) is 9.12. The summed E-state index contributed by atoms with van der Waals surface area (Å²) in [4.78, 5) is 14.7. The van der Waals surface area contributed by atoms with Crippen LogP contribution in [-0.2, 0) is 13.1 Å². The van der Waals surface area contributed by atoms with Crippen LogP contribution in [0.4, 0.5) is 0 Å². The average Bonchev–Trinajstić information content (AvgIpc) is 3.37. The zero-order valence-corrected chi connectivity index (χ0v) is 15.9. The van der Waals surface area contributed by atoms with Gasteiger partial charge in [0.2, 0.25) is 0 Å². The van der Waals surface area contributed by atoms with E-state index in [1.165, 1.54) is 6.26 Å². The molecule has 2 heterocycles. The number of carbonyl (C=O) groups is 1. The van der Waals surface area contributed by atoms with E-state index in [1.807, 2.05) is 35.4 Å². The Kier molecular flexibility index (Phi) is 6.36. The number of aromatic nitrogens is 1. The molecule has 27 heavy (non-hydrogen) atoms. The molecule has 1 amide bonds. The molecule has 3 aromatic rings. The molecular formula is C22H26N2O3. The Labute approximate surface area is 160 Å². The fraction of sp³-hybridized carbons (Fsp3) is 0.318. The summed E-state index contributed by atoms with van der Waals surface area (Å²) in [6.45, 7) is 4.12. The molecule has 2 aromatic heterocycles. The van der Waals surface area contributed by atoms with Crippen LogP contribution < -0.4 is 4.74 Å². The molecule has 0 atom stereocenters. The maximum Gasteiger partial charge on any atom is 0.289 e. The van der Waals surface area contributed by atoms with Gasteiger partial charge in [-0.25, -0.2) is 0 Å². The standard InChI is InChI=1S/C22H26N2O3/c1-3-4-12-24(22(25)21-11-7-14-27-21)17-19-9-6-13-23(19)16-18-8-5-10-20(15-18)26-2/h5-11,13-15H,3-4,12,16-17H2,1-2H3. The topological polar surface area (TPSA) is 47.6 Å². The summed E-state index contributed by atoms with van der Waals surface area (Å²) in [7, 11) is 1.67. The van der Waals surface area contributed by atoms with Crippen molar-refractivity contribution in [1.82, 2.24) is 9.47 Å². The molecule has 0 saturated carbocycles. The van der Waals surface area contributed by atoms with Gasteiger partial charge in [-0.1, -0.05) is 25.5 Å². The van der Waals surface area contributed by atoms with Crippen molar-refractivity contribution in [2.75, 3.05) is 13.7 Å². The predicted molar refractivity (Wildman–Crippen MR) is 105 cm³/mol. The molecule has 0 aliphatic carbocycles. The third-order valence-electron chi connectivity index (χ3n) is 4.56. The molecule has 0 aliphatic heterocycles. The Morgan fingerprint density at radius 1 is 1.19 bits per heavy atom. The minimum atomic E-state index is -0.0671. The van der Waals surface area contributed by atoms with E-state index in [0.29, 0.717) is 18.8 Å². The van der Waals surface area contributed by atoms with E-state index in [9.17, 15) is 4.79 Å². The zero-order chi connectivity index (χ0) is 19.1. The molecule has 0 aliphatic rings. The third kappa shape index (κ3) is 4.82. The number of nitrogens with zero attached hydrogens (tertiary/aromatic N) is 2. The van der Waals surface area contributed by atoms with Crippen molar-refractivity contribution in [2.45, 2.75) is 32.9 Å². The highest BCUT2D eigenvalue weighted by molar-refractivity contribution is 5.91. The minimum absolute atomic E-state index is 0.0671. The molecule has 0 unspecified atom stereocenters. The Morgan fingerprint density at radius 2 is 2.07 bits per heavy atom. The van der Waals surface area contributed by atoms with Gasteiger partial charge in [-0.05, 0) is 48.4 Å². The summed E-state index contributed by atoms with van der Waals surface area (Å²) >= 11 is 0. The molecule has 0 bridgehead atoms. The Hall–Kier alpha value is -2.95. The van der Waals surface area contributed by atoms with Crippen LogP contribution >= 0.6 is 0 Å². The van der Waals surface area contributed by atoms with Gasteiger partial charge < -0.3 is 18.6 Å². The quantitative estimate of drug-likeness (QED) is 0.557. The second-order valence-electron chi connectivity index (χ2n) is 6.54. The van der Waals surface area contributed by atoms with Crippen LogP contribution in [0, 0.1) is 0 Å². The molecule has 142 valence electrons. The fourth-order valence-corrected chi connectivity index (χ4v) is 3.07. The highest BCUT2D eigenvalue weighted by Gasteiger charge is 2.19. The molecule has 0 fully saturated rings. The number of benzene rings is 1. The zero-order valence-electron chi connectivity index (χ0n) is 15.9. The summed E-state index contributed by atoms with van der Waals surface area (Å²) in [6, 6.07) is 15.6. The van der Waals surface area contributed by atoms with Gasteiger partial charge in [-0.2, -0.15) is 0 Å². The van der Waals surface area contributed by atoms with Crippen LogP contribution in [0.15, 0.2) is 65.4 Å². The highest BCUT2D eigenvalue weighted by Crippen LogP contribution is 2.17. The van der Waals surface area contributed by atoms with Gasteiger partial charge in [0.25, 0.3) is 5.91 Å². The van der Waals surface area contributed by atoms with E-state index in [4.69, 9.17) is 9.15 Å². The average molecular weight is 366 g/mol. The smallest absolute Gasteiger partial charge is 0.289 e. The normalized spacial score (nSPS) is 10.7. The van der Waals surface area contributed by atoms with Crippen LogP contribution in [0.3, 0.4) is 0 Å². The molecular weight excluding hydrogens is 340 g/mol. The van der Waals surface area contributed by atoms with Gasteiger partial charge in [0, 0.05) is 25.0 Å². The Balaban J connectivity index is 1.76. The van der Waals surface area contributed by atoms with Gasteiger partial charge >= 0.3 is 0 Å². The highest BCUT2D eigenvalue weighted by atomic mass is 16.5. The first kappa shape index (κ1) is 18.8. The van der Waals surface area contributed by atoms with Crippen LogP contribution in [0.1, 0.15) is 41.6 Å². The molecule has 0 N–H and O–H groups in total. The largest absolute Gasteiger partial charge is 0.497 e. The molecule has 0 spiro atoms. The van der Waals surface area contributed by atoms with Crippen LogP contribution in [0.25, 0.3) is 0 Å². The number of furan rings is 1. The summed E-state index contributed by atoms with van der Waals surface area (Å²) in [5.41, 5.74) is 2.25. The summed E-state index contributed by atoms with van der Waals surface area (Å²) < 4.78 is 12.8. The number of amides is 1. The number of hydrogen-bond donors (Lipinski definition) is 0. The third-order valence-corrected chi connectivity index (χ3v) is 4.56. The second-order valence-corrected chi connectivity index (χ2v) is 6.54. The van der Waals surface area contributed by atoms with Crippen molar-refractivity contribution in [3.05, 3.63) is 78.0 Å². The maximum absolute atomic E-state index is 12.8. The molecule has 3 rings (SSSR count). The number of rotatable bonds is 9. The van der Waals surface area contributed by atoms with Crippen LogP contribution in [-0.4, -0.2) is 29.0 Å². The summed E-state index contributed by atoms with van der Waals surface area (Å²) in [5.74, 6) is 1.17. The molecule has 5 heteroatoms. The lowest BCUT2D eigenvalue weighted by Gasteiger charge is -2.22. The Bertz CT molecular complexity index is 852. The van der Waals surface area contributed by atoms with E-state index in [1.54, 1.807) is 19.2 Å². The van der Waals surface area contributed by atoms with E-state index < -0.39 is 0 Å². The summed E-state index contributed by atoms with van der Waals surface area (Å²) in [5, 5.41) is 0. The maximum atomic E-state index is 12.8. The number of methoxy groups -OCH3 is 1. The van der Waals surface area contributed by atoms with Gasteiger partial charge in [-0.3, -0.25) is 4.79 Å². The van der Waals surface area contributed by atoms with E-state index in [0.717, 1.165) is 36.4 Å². The van der Waals surface area contributed by atoms with Gasteiger partial charge in [0.05, 0.1) is 19.9 Å². The first-order valence-corrected chi connectivity index (χ1v) is 9.31. The first-order chi connectivity index (χ1) is 13.2. The predicted octanol–water partition coefficient (Wildman–Crippen LogP) is 4.58. The van der Waals surface area contributed by atoms with Crippen molar-refractivity contribution in [3.8, 4) is 5.75 Å². The number of hydrogen-bond acceptors (Lipinski definition) is 3. The van der Waals surface area contributed by atoms with Crippen molar-refractivity contribution < 1.29 is 13.9 Å². The Morgan fingerprint density at radius 3 is 2.81 bits per heavy atom. The SMILES string of the molecule is CCCCN(Cc1cccn1Cc1cccc(OC)c1)C(=O)c1ccco1. The minimum Gasteiger partial charge on any atom is -0.497 e. The lowest BCUT2D eigenvalue weighted by atomic mass is 10.2. The van der Waals surface area contributed by atoms with Gasteiger partial charge in [0.15, 0.2) is 5.76 Å². The van der Waals surface area contributed by atoms with E-state index >= 15 is 0 Å². The number of carbonyl (C=O) groups excluding carboxylic acids is 1. The van der Waals surface area contributed by atoms with Crippen LogP contribution in [0.5, 0.6) is 5.75 Å². The van der Waals surface area contributed by atoms with Crippen LogP contribution in [0.2, 0.25) is 0 Å². The number of unbranched alkanes of at least 4 members (excludes halogenated alkanes) is 1. The van der Waals surface area contributed by atoms with E-state index in [-0.39, 0.29) is 5.91 Å². The van der Waals surface area contributed by atoms with E-state index in [2.05, 4.69) is 23.6 Å². The van der Waals surface area contributed by atoms with Gasteiger partial charge in [-0.15, -0.1) is 0 Å². The molecule has 0 radical (unpaired) electrons. The molecule has 0 saturated heterocycles. The van der Waals surface area contributed by atoms with Crippen molar-refractivity contribution >= 4 is 5.91 Å². The fourth-order valence-electron chi connectivity index (χ4n) is 3.07. The number of ether oxygens (including phenoxy) is 1. The molecule has 1 aromatic carbocycles. The van der Waals surface area contributed by atoms with Gasteiger partial charge in [0.1, 0.15) is 5.75 Å². The summed E-state index contributed by atoms with van der Waals surface area (Å²) in [6.07, 6.45) is 5.58. The lowest BCUT2D eigenvalue weighted by molar-refractivity contribution is 0.0705. The van der Waals surface area contributed by atoms with Crippen molar-refractivity contribution in [2.24, 2.45) is 0 Å². The van der Waals surface area contributed by atoms with Crippen molar-refractivity contribution in [1.29, 1.82) is 0 Å². The lowest BCUT2D eigenvalue weighted by Crippen LogP contribution is -2.32. The first-order valence-electron chi connectivity index (χ1n) is 9.31. The monoisotopic (exact) mass is 366 g/mol.